The van der Waals surface area contributed by atoms with Gasteiger partial charge in [0.1, 0.15) is 5.75 Å². The van der Waals surface area contributed by atoms with E-state index in [1.165, 1.54) is 0 Å². The van der Waals surface area contributed by atoms with Gasteiger partial charge in [-0.1, -0.05) is 12.1 Å². The van der Waals surface area contributed by atoms with Gasteiger partial charge in [-0.25, -0.2) is 4.79 Å². The molecule has 0 radical (unpaired) electrons. The Labute approximate surface area is 127 Å². The van der Waals surface area contributed by atoms with Crippen LogP contribution in [0.4, 0.5) is 4.79 Å². The number of thiophene rings is 1. The monoisotopic (exact) mass is 306 g/mol. The van der Waals surface area contributed by atoms with E-state index in [4.69, 9.17) is 4.74 Å². The van der Waals surface area contributed by atoms with Gasteiger partial charge in [0.25, 0.3) is 0 Å². The molecule has 1 aromatic carbocycles. The maximum atomic E-state index is 11.6. The Balaban J connectivity index is 1.77. The molecular formula is C15H18N2O3S. The first kappa shape index (κ1) is 15.3. The maximum Gasteiger partial charge on any atom is 0.315 e. The summed E-state index contributed by atoms with van der Waals surface area (Å²) in [7, 11) is 1.57. The van der Waals surface area contributed by atoms with Gasteiger partial charge < -0.3 is 20.5 Å². The normalized spacial score (nSPS) is 11.7. The lowest BCUT2D eigenvalue weighted by Crippen LogP contribution is -2.37. The highest BCUT2D eigenvalue weighted by Gasteiger charge is 2.10. The van der Waals surface area contributed by atoms with Gasteiger partial charge in [-0.3, -0.25) is 0 Å². The summed E-state index contributed by atoms with van der Waals surface area (Å²) in [6.45, 7) is 0.618. The van der Waals surface area contributed by atoms with Crippen LogP contribution in [-0.4, -0.2) is 24.8 Å². The number of urea groups is 1. The lowest BCUT2D eigenvalue weighted by molar-refractivity contribution is 0.172. The zero-order chi connectivity index (χ0) is 15.1. The number of aliphatic hydroxyl groups is 1. The van der Waals surface area contributed by atoms with Gasteiger partial charge in [0.15, 0.2) is 0 Å². The second kappa shape index (κ2) is 7.66. The third-order valence-electron chi connectivity index (χ3n) is 2.97. The smallest absolute Gasteiger partial charge is 0.315 e. The van der Waals surface area contributed by atoms with Gasteiger partial charge in [-0.15, -0.1) is 0 Å². The van der Waals surface area contributed by atoms with Gasteiger partial charge in [-0.05, 0) is 40.1 Å². The van der Waals surface area contributed by atoms with Crippen LogP contribution in [0.5, 0.6) is 5.75 Å². The van der Waals surface area contributed by atoms with Gasteiger partial charge in [0.05, 0.1) is 13.2 Å². The van der Waals surface area contributed by atoms with E-state index < -0.39 is 6.10 Å². The highest BCUT2D eigenvalue weighted by molar-refractivity contribution is 7.07. The van der Waals surface area contributed by atoms with Crippen LogP contribution in [0, 0.1) is 0 Å². The fraction of sp³-hybridized carbons (Fsp3) is 0.267. The summed E-state index contributed by atoms with van der Waals surface area (Å²) < 4.78 is 5.10. The Bertz CT molecular complexity index is 572. The van der Waals surface area contributed by atoms with E-state index in [1.54, 1.807) is 42.7 Å². The minimum atomic E-state index is -0.771. The molecule has 1 heterocycles. The van der Waals surface area contributed by atoms with Crippen molar-refractivity contribution in [2.45, 2.75) is 12.6 Å². The van der Waals surface area contributed by atoms with Crippen LogP contribution in [0.3, 0.4) is 0 Å². The Morgan fingerprint density at radius 3 is 2.95 bits per heavy atom. The van der Waals surface area contributed by atoms with Gasteiger partial charge in [0, 0.05) is 13.1 Å². The number of rotatable bonds is 6. The van der Waals surface area contributed by atoms with E-state index in [9.17, 15) is 9.90 Å². The number of hydrogen-bond acceptors (Lipinski definition) is 4. The number of carbonyl (C=O) groups excluding carboxylic acids is 1. The molecular weight excluding hydrogens is 288 g/mol. The molecule has 6 heteroatoms. The highest BCUT2D eigenvalue weighted by Crippen LogP contribution is 2.18. The Hall–Kier alpha value is -2.05. The second-order valence-electron chi connectivity index (χ2n) is 4.49. The molecule has 1 unspecified atom stereocenters. The third kappa shape index (κ3) is 4.77. The van der Waals surface area contributed by atoms with Gasteiger partial charge in [-0.2, -0.15) is 11.3 Å². The summed E-state index contributed by atoms with van der Waals surface area (Å²) >= 11 is 1.59. The van der Waals surface area contributed by atoms with E-state index in [0.717, 1.165) is 5.56 Å². The van der Waals surface area contributed by atoms with Crippen molar-refractivity contribution in [3.05, 3.63) is 52.2 Å². The maximum absolute atomic E-state index is 11.6. The molecule has 0 saturated heterocycles. The molecule has 0 aliphatic carbocycles. The molecule has 3 N–H and O–H groups in total. The minimum Gasteiger partial charge on any atom is -0.497 e. The molecule has 2 rings (SSSR count). The van der Waals surface area contributed by atoms with E-state index in [2.05, 4.69) is 10.6 Å². The molecule has 2 aromatic rings. The first-order valence-corrected chi connectivity index (χ1v) is 7.48. The lowest BCUT2D eigenvalue weighted by atomic mass is 10.1. The Kier molecular flexibility index (Phi) is 5.59. The van der Waals surface area contributed by atoms with E-state index in [0.29, 0.717) is 17.9 Å². The summed E-state index contributed by atoms with van der Waals surface area (Å²) in [6, 6.07) is 8.79. The molecule has 2 amide bonds. The van der Waals surface area contributed by atoms with Crippen LogP contribution in [0.1, 0.15) is 17.2 Å². The summed E-state index contributed by atoms with van der Waals surface area (Å²) in [5, 5.41) is 19.4. The molecule has 0 fully saturated rings. The van der Waals surface area contributed by atoms with Crippen LogP contribution in [0.25, 0.3) is 0 Å². The predicted molar refractivity (Wildman–Crippen MR) is 82.5 cm³/mol. The number of benzene rings is 1. The zero-order valence-electron chi connectivity index (χ0n) is 11.7. The Morgan fingerprint density at radius 2 is 2.24 bits per heavy atom. The average molecular weight is 306 g/mol. The molecule has 0 saturated carbocycles. The quantitative estimate of drug-likeness (QED) is 0.767. The predicted octanol–water partition coefficient (Wildman–Crippen LogP) is 2.29. The number of nitrogens with one attached hydrogen (secondary N) is 2. The summed E-state index contributed by atoms with van der Waals surface area (Å²) in [4.78, 5) is 11.6. The zero-order valence-corrected chi connectivity index (χ0v) is 12.5. The molecule has 0 aliphatic rings. The first-order valence-electron chi connectivity index (χ1n) is 6.54. The van der Waals surface area contributed by atoms with Gasteiger partial charge >= 0.3 is 6.03 Å². The fourth-order valence-electron chi connectivity index (χ4n) is 1.79. The van der Waals surface area contributed by atoms with Crippen molar-refractivity contribution in [2.24, 2.45) is 0 Å². The minimum absolute atomic E-state index is 0.142. The van der Waals surface area contributed by atoms with Crippen molar-refractivity contribution >= 4 is 17.4 Å². The molecule has 5 nitrogen and oxygen atoms in total. The standard InChI is InChI=1S/C15H18N2O3S/c1-20-13-4-2-3-12(7-13)14(18)9-17-15(19)16-8-11-5-6-21-10-11/h2-7,10,14,18H,8-9H2,1H3,(H2,16,17,19). The van der Waals surface area contributed by atoms with E-state index >= 15 is 0 Å². The van der Waals surface area contributed by atoms with Crippen molar-refractivity contribution < 1.29 is 14.6 Å². The average Bonchev–Trinajstić information content (AvgIpc) is 3.04. The number of methoxy groups -OCH3 is 1. The van der Waals surface area contributed by atoms with Crippen molar-refractivity contribution in [1.82, 2.24) is 10.6 Å². The molecule has 1 atom stereocenters. The topological polar surface area (TPSA) is 70.6 Å². The summed E-state index contributed by atoms with van der Waals surface area (Å²) in [6.07, 6.45) is -0.771. The highest BCUT2D eigenvalue weighted by atomic mass is 32.1. The number of ether oxygens (including phenoxy) is 1. The van der Waals surface area contributed by atoms with Crippen LogP contribution < -0.4 is 15.4 Å². The molecule has 21 heavy (non-hydrogen) atoms. The van der Waals surface area contributed by atoms with E-state index in [1.807, 2.05) is 16.8 Å². The summed E-state index contributed by atoms with van der Waals surface area (Å²) in [5.41, 5.74) is 1.76. The third-order valence-corrected chi connectivity index (χ3v) is 3.70. The molecule has 0 bridgehead atoms. The molecule has 0 aliphatic heterocycles. The number of hydrogen-bond donors (Lipinski definition) is 3. The second-order valence-corrected chi connectivity index (χ2v) is 5.27. The fourth-order valence-corrected chi connectivity index (χ4v) is 2.46. The van der Waals surface area contributed by atoms with Crippen molar-refractivity contribution in [3.63, 3.8) is 0 Å². The number of aliphatic hydroxyl groups excluding tert-OH is 1. The lowest BCUT2D eigenvalue weighted by Gasteiger charge is -2.13. The SMILES string of the molecule is COc1cccc(C(O)CNC(=O)NCc2ccsc2)c1. The number of carbonyl (C=O) groups is 1. The Morgan fingerprint density at radius 1 is 1.38 bits per heavy atom. The van der Waals surface area contributed by atoms with Crippen molar-refractivity contribution in [3.8, 4) is 5.75 Å². The molecule has 112 valence electrons. The molecule has 1 aromatic heterocycles. The van der Waals surface area contributed by atoms with Crippen LogP contribution in [-0.2, 0) is 6.54 Å². The van der Waals surface area contributed by atoms with Crippen molar-refractivity contribution in [1.29, 1.82) is 0 Å². The van der Waals surface area contributed by atoms with Crippen LogP contribution >= 0.6 is 11.3 Å². The number of amides is 2. The largest absolute Gasteiger partial charge is 0.497 e. The molecule has 0 spiro atoms. The van der Waals surface area contributed by atoms with E-state index in [-0.39, 0.29) is 12.6 Å². The first-order chi connectivity index (χ1) is 10.2. The van der Waals surface area contributed by atoms with Crippen LogP contribution in [0.2, 0.25) is 0 Å². The van der Waals surface area contributed by atoms with Gasteiger partial charge in [0.2, 0.25) is 0 Å². The van der Waals surface area contributed by atoms with Crippen molar-refractivity contribution in [2.75, 3.05) is 13.7 Å². The summed E-state index contributed by atoms with van der Waals surface area (Å²) in [5.74, 6) is 0.674. The van der Waals surface area contributed by atoms with Crippen LogP contribution in [0.15, 0.2) is 41.1 Å².